The SMILES string of the molecule is C[Si](C)(C)C1(CO)CO1. The topological polar surface area (TPSA) is 32.8 Å². The Kier molecular flexibility index (Phi) is 1.46. The molecule has 54 valence electrons. The van der Waals surface area contributed by atoms with Gasteiger partial charge in [0.2, 0.25) is 0 Å². The standard InChI is InChI=1S/C6H14O2Si/c1-9(2,3)6(4-7)5-8-6/h7H,4-5H2,1-3H3. The van der Waals surface area contributed by atoms with Crippen LogP contribution in [0.15, 0.2) is 0 Å². The highest BCUT2D eigenvalue weighted by Gasteiger charge is 2.54. The van der Waals surface area contributed by atoms with E-state index in [0.29, 0.717) is 0 Å². The molecule has 3 heteroatoms. The highest BCUT2D eigenvalue weighted by atomic mass is 28.3. The van der Waals surface area contributed by atoms with Crippen LogP contribution in [0.2, 0.25) is 19.6 Å². The largest absolute Gasteiger partial charge is 0.394 e. The molecule has 0 aromatic carbocycles. The van der Waals surface area contributed by atoms with E-state index in [-0.39, 0.29) is 11.8 Å². The molecule has 1 saturated heterocycles. The quantitative estimate of drug-likeness (QED) is 0.458. The van der Waals surface area contributed by atoms with E-state index in [4.69, 9.17) is 9.84 Å². The van der Waals surface area contributed by atoms with Gasteiger partial charge >= 0.3 is 0 Å². The lowest BCUT2D eigenvalue weighted by Gasteiger charge is -2.22. The summed E-state index contributed by atoms with van der Waals surface area (Å²) in [4.78, 5) is 0. The van der Waals surface area contributed by atoms with Crippen LogP contribution in [0.4, 0.5) is 0 Å². The summed E-state index contributed by atoms with van der Waals surface area (Å²) in [6, 6.07) is 0. The molecule has 0 aliphatic carbocycles. The van der Waals surface area contributed by atoms with Crippen LogP contribution in [-0.2, 0) is 4.74 Å². The van der Waals surface area contributed by atoms with Gasteiger partial charge in [0.25, 0.3) is 0 Å². The number of hydrogen-bond donors (Lipinski definition) is 1. The second-order valence-electron chi connectivity index (χ2n) is 3.69. The van der Waals surface area contributed by atoms with Crippen molar-refractivity contribution in [2.24, 2.45) is 0 Å². The zero-order valence-corrected chi connectivity index (χ0v) is 7.27. The first-order valence-electron chi connectivity index (χ1n) is 3.27. The van der Waals surface area contributed by atoms with E-state index in [1.807, 2.05) is 0 Å². The van der Waals surface area contributed by atoms with Crippen molar-refractivity contribution in [1.82, 2.24) is 0 Å². The summed E-state index contributed by atoms with van der Waals surface area (Å²) in [6.07, 6.45) is 0. The molecule has 1 aliphatic heterocycles. The monoisotopic (exact) mass is 146 g/mol. The second-order valence-corrected chi connectivity index (χ2v) is 9.10. The minimum atomic E-state index is -1.25. The predicted octanol–water partition coefficient (Wildman–Crippen LogP) is 0.625. The van der Waals surface area contributed by atoms with Crippen molar-refractivity contribution in [3.63, 3.8) is 0 Å². The highest BCUT2D eigenvalue weighted by molar-refractivity contribution is 6.79. The Bertz CT molecular complexity index is 113. The minimum absolute atomic E-state index is 0.0764. The van der Waals surface area contributed by atoms with Crippen molar-refractivity contribution in [3.8, 4) is 0 Å². The fourth-order valence-corrected chi connectivity index (χ4v) is 2.26. The molecule has 0 bridgehead atoms. The van der Waals surface area contributed by atoms with Crippen molar-refractivity contribution in [2.75, 3.05) is 13.2 Å². The fourth-order valence-electron chi connectivity index (χ4n) is 0.849. The molecule has 1 atom stereocenters. The van der Waals surface area contributed by atoms with Gasteiger partial charge in [0.1, 0.15) is 5.22 Å². The third kappa shape index (κ3) is 1.04. The van der Waals surface area contributed by atoms with Crippen molar-refractivity contribution < 1.29 is 9.84 Å². The van der Waals surface area contributed by atoms with Gasteiger partial charge in [-0.05, 0) is 0 Å². The zero-order valence-electron chi connectivity index (χ0n) is 6.27. The molecule has 1 rings (SSSR count). The van der Waals surface area contributed by atoms with E-state index in [0.717, 1.165) is 6.61 Å². The summed E-state index contributed by atoms with van der Waals surface area (Å²) >= 11 is 0. The summed E-state index contributed by atoms with van der Waals surface area (Å²) in [6.45, 7) is 7.64. The maximum atomic E-state index is 8.90. The smallest absolute Gasteiger partial charge is 0.103 e. The van der Waals surface area contributed by atoms with Gasteiger partial charge in [0.05, 0.1) is 21.3 Å². The van der Waals surface area contributed by atoms with Crippen molar-refractivity contribution in [3.05, 3.63) is 0 Å². The number of aliphatic hydroxyl groups is 1. The molecule has 0 amide bonds. The number of rotatable bonds is 2. The third-order valence-corrected chi connectivity index (χ3v) is 5.30. The maximum absolute atomic E-state index is 8.90. The van der Waals surface area contributed by atoms with Gasteiger partial charge in [-0.25, -0.2) is 0 Å². The van der Waals surface area contributed by atoms with E-state index in [1.165, 1.54) is 0 Å². The molecular formula is C6H14O2Si. The van der Waals surface area contributed by atoms with Gasteiger partial charge < -0.3 is 9.84 Å². The summed E-state index contributed by atoms with van der Waals surface area (Å²) in [5, 5.41) is 8.83. The van der Waals surface area contributed by atoms with E-state index in [9.17, 15) is 0 Å². The van der Waals surface area contributed by atoms with Crippen LogP contribution in [0.3, 0.4) is 0 Å². The molecule has 0 spiro atoms. The highest BCUT2D eigenvalue weighted by Crippen LogP contribution is 2.36. The van der Waals surface area contributed by atoms with Crippen LogP contribution in [-0.4, -0.2) is 31.6 Å². The molecule has 1 heterocycles. The normalized spacial score (nSPS) is 34.7. The molecule has 9 heavy (non-hydrogen) atoms. The molecule has 0 aromatic heterocycles. The molecule has 1 N–H and O–H groups in total. The Hall–Kier alpha value is 0.137. The molecule has 0 aromatic rings. The zero-order chi connectivity index (χ0) is 7.12. The number of aliphatic hydroxyl groups excluding tert-OH is 1. The van der Waals surface area contributed by atoms with Gasteiger partial charge in [0.15, 0.2) is 0 Å². The van der Waals surface area contributed by atoms with Crippen LogP contribution in [0.25, 0.3) is 0 Å². The van der Waals surface area contributed by atoms with E-state index in [2.05, 4.69) is 19.6 Å². The second kappa shape index (κ2) is 1.81. The van der Waals surface area contributed by atoms with E-state index < -0.39 is 8.07 Å². The Balaban J connectivity index is 2.60. The maximum Gasteiger partial charge on any atom is 0.103 e. The van der Waals surface area contributed by atoms with Crippen molar-refractivity contribution >= 4 is 8.07 Å². The Morgan fingerprint density at radius 2 is 2.00 bits per heavy atom. The molecular weight excluding hydrogens is 132 g/mol. The third-order valence-electron chi connectivity index (χ3n) is 2.12. The molecule has 1 fully saturated rings. The van der Waals surface area contributed by atoms with E-state index in [1.54, 1.807) is 0 Å². The number of ether oxygens (including phenoxy) is 1. The van der Waals surface area contributed by atoms with Gasteiger partial charge in [-0.2, -0.15) is 0 Å². The Morgan fingerprint density at radius 3 is 2.00 bits per heavy atom. The lowest BCUT2D eigenvalue weighted by Crippen LogP contribution is -2.44. The summed E-state index contributed by atoms with van der Waals surface area (Å²) in [5.41, 5.74) is 0. The molecule has 0 radical (unpaired) electrons. The van der Waals surface area contributed by atoms with Crippen molar-refractivity contribution in [1.29, 1.82) is 0 Å². The van der Waals surface area contributed by atoms with Gasteiger partial charge in [0, 0.05) is 0 Å². The number of hydrogen-bond acceptors (Lipinski definition) is 2. The first kappa shape index (κ1) is 7.25. The minimum Gasteiger partial charge on any atom is -0.394 e. The average molecular weight is 146 g/mol. The molecule has 1 unspecified atom stereocenters. The van der Waals surface area contributed by atoms with Crippen LogP contribution >= 0.6 is 0 Å². The molecule has 2 nitrogen and oxygen atoms in total. The molecule has 1 aliphatic rings. The van der Waals surface area contributed by atoms with Crippen LogP contribution < -0.4 is 0 Å². The van der Waals surface area contributed by atoms with Crippen LogP contribution in [0, 0.1) is 0 Å². The van der Waals surface area contributed by atoms with Crippen LogP contribution in [0.1, 0.15) is 0 Å². The van der Waals surface area contributed by atoms with E-state index >= 15 is 0 Å². The van der Waals surface area contributed by atoms with Gasteiger partial charge in [-0.3, -0.25) is 0 Å². The van der Waals surface area contributed by atoms with Gasteiger partial charge in [-0.15, -0.1) is 0 Å². The fraction of sp³-hybridized carbons (Fsp3) is 1.00. The van der Waals surface area contributed by atoms with Gasteiger partial charge in [-0.1, -0.05) is 19.6 Å². The predicted molar refractivity (Wildman–Crippen MR) is 39.1 cm³/mol. The summed E-state index contributed by atoms with van der Waals surface area (Å²) in [5.74, 6) is 0. The Morgan fingerprint density at radius 1 is 1.56 bits per heavy atom. The summed E-state index contributed by atoms with van der Waals surface area (Å²) in [7, 11) is -1.25. The Labute approximate surface area is 56.8 Å². The average Bonchev–Trinajstić information content (AvgIpc) is 2.40. The first-order chi connectivity index (χ1) is 4.02. The lowest BCUT2D eigenvalue weighted by molar-refractivity contribution is 0.216. The number of epoxide rings is 1. The van der Waals surface area contributed by atoms with Crippen LogP contribution in [0.5, 0.6) is 0 Å². The first-order valence-corrected chi connectivity index (χ1v) is 6.77. The lowest BCUT2D eigenvalue weighted by atomic mass is 10.5. The molecule has 0 saturated carbocycles. The summed E-state index contributed by atoms with van der Waals surface area (Å²) < 4.78 is 5.22. The van der Waals surface area contributed by atoms with Crippen molar-refractivity contribution in [2.45, 2.75) is 24.9 Å².